The second kappa shape index (κ2) is 6.71. The summed E-state index contributed by atoms with van der Waals surface area (Å²) < 4.78 is 5.32. The molecule has 0 spiro atoms. The van der Waals surface area contributed by atoms with E-state index in [-0.39, 0.29) is 5.78 Å². The number of hydrogen-bond donors (Lipinski definition) is 1. The molecule has 1 fully saturated rings. The van der Waals surface area contributed by atoms with Gasteiger partial charge in [-0.25, -0.2) is 0 Å². The van der Waals surface area contributed by atoms with Gasteiger partial charge in [-0.1, -0.05) is 6.07 Å². The first-order valence-electron chi connectivity index (χ1n) is 8.23. The average molecular weight is 317 g/mol. The van der Waals surface area contributed by atoms with Crippen LogP contribution in [0.2, 0.25) is 0 Å². The van der Waals surface area contributed by atoms with Crippen molar-refractivity contribution in [3.8, 4) is 5.75 Å². The van der Waals surface area contributed by atoms with Crippen molar-refractivity contribution in [3.63, 3.8) is 0 Å². The molecule has 0 amide bonds. The minimum atomic E-state index is -0.990. The zero-order chi connectivity index (χ0) is 16.4. The lowest BCUT2D eigenvalue weighted by Crippen LogP contribution is -2.44. The third-order valence-corrected chi connectivity index (χ3v) is 5.15. The largest absolute Gasteiger partial charge is 0.497 e. The molecule has 124 valence electrons. The first kappa shape index (κ1) is 16.0. The quantitative estimate of drug-likeness (QED) is 0.842. The van der Waals surface area contributed by atoms with E-state index in [1.165, 1.54) is 11.1 Å². The smallest absolute Gasteiger partial charge is 0.315 e. The molecule has 1 aliphatic heterocycles. The highest BCUT2D eigenvalue weighted by Gasteiger charge is 2.33. The molecule has 5 nitrogen and oxygen atoms in total. The molecule has 1 saturated heterocycles. The molecule has 1 aliphatic carbocycles. The fraction of sp³-hybridized carbons (Fsp3) is 0.556. The van der Waals surface area contributed by atoms with E-state index in [0.29, 0.717) is 25.4 Å². The highest BCUT2D eigenvalue weighted by molar-refractivity contribution is 5.99. The molecule has 3 rings (SSSR count). The molecule has 0 saturated carbocycles. The number of likely N-dealkylation sites (tertiary alicyclic amines) is 1. The normalized spacial score (nSPS) is 24.5. The van der Waals surface area contributed by atoms with Crippen LogP contribution < -0.4 is 4.74 Å². The van der Waals surface area contributed by atoms with Crippen LogP contribution in [-0.4, -0.2) is 48.5 Å². The number of Topliss-reactive ketones (excluding diaryl/α,β-unsaturated/α-hetero) is 1. The second-order valence-corrected chi connectivity index (χ2v) is 6.50. The van der Waals surface area contributed by atoms with Crippen LogP contribution >= 0.6 is 0 Å². The number of hydrogen-bond acceptors (Lipinski definition) is 4. The molecule has 0 bridgehead atoms. The minimum Gasteiger partial charge on any atom is -0.497 e. The first-order chi connectivity index (χ1) is 11.1. The van der Waals surface area contributed by atoms with Crippen molar-refractivity contribution in [3.05, 3.63) is 29.3 Å². The van der Waals surface area contributed by atoms with Crippen LogP contribution in [0, 0.1) is 5.92 Å². The number of nitrogens with zero attached hydrogens (tertiary/aromatic N) is 1. The van der Waals surface area contributed by atoms with E-state index in [2.05, 4.69) is 17.0 Å². The van der Waals surface area contributed by atoms with Crippen LogP contribution in [0.5, 0.6) is 5.75 Å². The summed E-state index contributed by atoms with van der Waals surface area (Å²) >= 11 is 0. The molecule has 5 heteroatoms. The number of carbonyl (C=O) groups excluding carboxylic acids is 1. The number of fused-ring (bicyclic) bond motifs is 1. The number of ketones is 1. The van der Waals surface area contributed by atoms with Crippen LogP contribution in [-0.2, 0) is 16.0 Å². The van der Waals surface area contributed by atoms with Gasteiger partial charge in [0.05, 0.1) is 7.11 Å². The molecule has 2 unspecified atom stereocenters. The maximum atomic E-state index is 11.7. The van der Waals surface area contributed by atoms with E-state index < -0.39 is 11.9 Å². The maximum Gasteiger partial charge on any atom is 0.315 e. The van der Waals surface area contributed by atoms with E-state index in [1.54, 1.807) is 7.11 Å². The zero-order valence-corrected chi connectivity index (χ0v) is 13.5. The van der Waals surface area contributed by atoms with Gasteiger partial charge in [-0.3, -0.25) is 9.59 Å². The molecule has 1 heterocycles. The summed E-state index contributed by atoms with van der Waals surface area (Å²) in [6.45, 7) is 1.88. The number of benzene rings is 1. The van der Waals surface area contributed by atoms with E-state index >= 15 is 0 Å². The summed E-state index contributed by atoms with van der Waals surface area (Å²) in [6.07, 6.45) is 3.59. The monoisotopic (exact) mass is 317 g/mol. The molecule has 0 radical (unpaired) electrons. The summed E-state index contributed by atoms with van der Waals surface area (Å²) in [4.78, 5) is 24.9. The van der Waals surface area contributed by atoms with Crippen LogP contribution in [0.25, 0.3) is 0 Å². The number of aryl methyl sites for hydroxylation is 1. The number of rotatable bonds is 5. The van der Waals surface area contributed by atoms with Crippen molar-refractivity contribution in [1.29, 1.82) is 0 Å². The Balaban J connectivity index is 1.60. The Kier molecular flexibility index (Phi) is 4.66. The number of aliphatic carboxylic acids is 1. The molecule has 1 aromatic rings. The topological polar surface area (TPSA) is 66.8 Å². The van der Waals surface area contributed by atoms with Crippen molar-refractivity contribution >= 4 is 11.8 Å². The Labute approximate surface area is 136 Å². The fourth-order valence-corrected chi connectivity index (χ4v) is 3.74. The van der Waals surface area contributed by atoms with Crippen LogP contribution in [0.4, 0.5) is 0 Å². The zero-order valence-electron chi connectivity index (χ0n) is 13.5. The van der Waals surface area contributed by atoms with Crippen LogP contribution in [0.3, 0.4) is 0 Å². The Morgan fingerprint density at radius 1 is 1.39 bits per heavy atom. The van der Waals surface area contributed by atoms with E-state index in [1.807, 2.05) is 6.07 Å². The Morgan fingerprint density at radius 3 is 2.96 bits per heavy atom. The van der Waals surface area contributed by atoms with E-state index in [0.717, 1.165) is 31.6 Å². The Morgan fingerprint density at radius 2 is 2.22 bits per heavy atom. The number of methoxy groups -OCH3 is 1. The SMILES string of the molecule is COc1ccc2c(c1)C(CCN1CCC(=O)C(C(=O)O)C1)CC2. The second-order valence-electron chi connectivity index (χ2n) is 6.50. The molecule has 2 atom stereocenters. The molecular weight excluding hydrogens is 294 g/mol. The van der Waals surface area contributed by atoms with Gasteiger partial charge in [0, 0.05) is 19.5 Å². The van der Waals surface area contributed by atoms with Crippen molar-refractivity contribution in [2.75, 3.05) is 26.7 Å². The Bertz CT molecular complexity index is 613. The van der Waals surface area contributed by atoms with Gasteiger partial charge in [-0.2, -0.15) is 0 Å². The van der Waals surface area contributed by atoms with Crippen LogP contribution in [0.15, 0.2) is 18.2 Å². The van der Waals surface area contributed by atoms with Gasteiger partial charge in [-0.05, 0) is 55.0 Å². The number of carboxylic acid groups (broad SMARTS) is 1. The summed E-state index contributed by atoms with van der Waals surface area (Å²) in [5, 5.41) is 9.13. The average Bonchev–Trinajstić information content (AvgIpc) is 2.96. The van der Waals surface area contributed by atoms with Gasteiger partial charge in [0.15, 0.2) is 0 Å². The number of piperidine rings is 1. The predicted octanol–water partition coefficient (Wildman–Crippen LogP) is 2.09. The van der Waals surface area contributed by atoms with Crippen molar-refractivity contribution in [2.45, 2.75) is 31.6 Å². The number of carbonyl (C=O) groups is 2. The van der Waals surface area contributed by atoms with Gasteiger partial charge in [0.25, 0.3) is 0 Å². The maximum absolute atomic E-state index is 11.7. The Hall–Kier alpha value is -1.88. The lowest BCUT2D eigenvalue weighted by Gasteiger charge is -2.30. The summed E-state index contributed by atoms with van der Waals surface area (Å²) in [5.41, 5.74) is 2.76. The summed E-state index contributed by atoms with van der Waals surface area (Å²) in [6, 6.07) is 6.29. The lowest BCUT2D eigenvalue weighted by molar-refractivity contribution is -0.148. The molecule has 2 aliphatic rings. The van der Waals surface area contributed by atoms with E-state index in [4.69, 9.17) is 9.84 Å². The van der Waals surface area contributed by atoms with Gasteiger partial charge in [0.2, 0.25) is 0 Å². The number of ether oxygens (including phenoxy) is 1. The fourth-order valence-electron chi connectivity index (χ4n) is 3.74. The highest BCUT2D eigenvalue weighted by Crippen LogP contribution is 2.37. The van der Waals surface area contributed by atoms with Gasteiger partial charge >= 0.3 is 5.97 Å². The third-order valence-electron chi connectivity index (χ3n) is 5.15. The van der Waals surface area contributed by atoms with Crippen molar-refractivity contribution < 1.29 is 19.4 Å². The summed E-state index contributed by atoms with van der Waals surface area (Å²) in [7, 11) is 1.68. The van der Waals surface area contributed by atoms with Gasteiger partial charge in [-0.15, -0.1) is 0 Å². The lowest BCUT2D eigenvalue weighted by atomic mass is 9.94. The molecule has 1 N–H and O–H groups in total. The predicted molar refractivity (Wildman–Crippen MR) is 85.9 cm³/mol. The van der Waals surface area contributed by atoms with Gasteiger partial charge in [0.1, 0.15) is 17.5 Å². The van der Waals surface area contributed by atoms with Crippen molar-refractivity contribution in [2.24, 2.45) is 5.92 Å². The minimum absolute atomic E-state index is 0.135. The van der Waals surface area contributed by atoms with E-state index in [9.17, 15) is 9.59 Å². The third kappa shape index (κ3) is 3.39. The molecule has 23 heavy (non-hydrogen) atoms. The molecule has 0 aromatic heterocycles. The van der Waals surface area contributed by atoms with Gasteiger partial charge < -0.3 is 14.7 Å². The molecule has 1 aromatic carbocycles. The standard InChI is InChI=1S/C18H23NO4/c1-23-14-5-4-12-2-3-13(15(12)10-14)6-8-19-9-7-17(20)16(11-19)18(21)22/h4-5,10,13,16H,2-3,6-9,11H2,1H3,(H,21,22). The molecular formula is C18H23NO4. The first-order valence-corrected chi connectivity index (χ1v) is 8.23. The number of carboxylic acids is 1. The summed E-state index contributed by atoms with van der Waals surface area (Å²) in [5.74, 6) is -0.578. The van der Waals surface area contributed by atoms with Crippen LogP contribution in [0.1, 0.15) is 36.3 Å². The van der Waals surface area contributed by atoms with Crippen molar-refractivity contribution in [1.82, 2.24) is 4.90 Å². The highest BCUT2D eigenvalue weighted by atomic mass is 16.5.